The Labute approximate surface area is 189 Å². The Balaban J connectivity index is 1.48. The van der Waals surface area contributed by atoms with E-state index in [4.69, 9.17) is 4.74 Å². The maximum absolute atomic E-state index is 13.4. The van der Waals surface area contributed by atoms with Gasteiger partial charge in [0.1, 0.15) is 11.6 Å². The van der Waals surface area contributed by atoms with Crippen LogP contribution in [0, 0.1) is 5.82 Å². The van der Waals surface area contributed by atoms with Gasteiger partial charge in [0.2, 0.25) is 15.0 Å². The van der Waals surface area contributed by atoms with Crippen LogP contribution in [0.1, 0.15) is 11.3 Å². The molecular weight excluding hydrogens is 484 g/mol. The first-order valence-corrected chi connectivity index (χ1v) is 11.8. The van der Waals surface area contributed by atoms with E-state index >= 15 is 0 Å². The van der Waals surface area contributed by atoms with Gasteiger partial charge in [0, 0.05) is 23.9 Å². The van der Waals surface area contributed by atoms with Crippen molar-refractivity contribution in [3.05, 3.63) is 64.9 Å². The molecule has 7 nitrogen and oxygen atoms in total. The summed E-state index contributed by atoms with van der Waals surface area (Å²) < 4.78 is 85.9. The van der Waals surface area contributed by atoms with Gasteiger partial charge in [-0.3, -0.25) is 0 Å². The molecule has 13 heteroatoms. The Morgan fingerprint density at radius 1 is 1.15 bits per heavy atom. The molecule has 33 heavy (non-hydrogen) atoms. The second-order valence-corrected chi connectivity index (χ2v) is 9.48. The number of halogens is 4. The minimum atomic E-state index is -5.01. The molecule has 2 heterocycles. The molecule has 0 saturated heterocycles. The molecule has 0 amide bonds. The molecular formula is C20H16F4N4O3S2. The molecule has 1 N–H and O–H groups in total. The summed E-state index contributed by atoms with van der Waals surface area (Å²) in [5, 5.41) is 6.22. The number of hydrogen-bond donors (Lipinski definition) is 1. The van der Waals surface area contributed by atoms with E-state index in [2.05, 4.69) is 14.8 Å². The lowest BCUT2D eigenvalue weighted by Crippen LogP contribution is -2.26. The van der Waals surface area contributed by atoms with Gasteiger partial charge in [-0.1, -0.05) is 0 Å². The van der Waals surface area contributed by atoms with Crippen LogP contribution >= 0.6 is 11.3 Å². The van der Waals surface area contributed by atoms with Crippen LogP contribution in [0.4, 0.5) is 17.6 Å². The van der Waals surface area contributed by atoms with Crippen molar-refractivity contribution >= 4 is 26.3 Å². The van der Waals surface area contributed by atoms with E-state index in [1.54, 1.807) is 29.1 Å². The fourth-order valence-electron chi connectivity index (χ4n) is 3.04. The first-order chi connectivity index (χ1) is 15.6. The molecule has 0 atom stereocenters. The first kappa shape index (κ1) is 23.1. The Kier molecular flexibility index (Phi) is 6.12. The average Bonchev–Trinajstić information content (AvgIpc) is 3.35. The van der Waals surface area contributed by atoms with Gasteiger partial charge in [0.05, 0.1) is 23.3 Å². The predicted octanol–water partition coefficient (Wildman–Crippen LogP) is 4.15. The third kappa shape index (κ3) is 4.84. The highest BCUT2D eigenvalue weighted by Gasteiger charge is 2.35. The smallest absolute Gasteiger partial charge is 0.419 e. The van der Waals surface area contributed by atoms with Crippen molar-refractivity contribution in [1.29, 1.82) is 0 Å². The lowest BCUT2D eigenvalue weighted by molar-refractivity contribution is -0.140. The van der Waals surface area contributed by atoms with Gasteiger partial charge < -0.3 is 4.74 Å². The molecule has 0 aliphatic rings. The van der Waals surface area contributed by atoms with Crippen LogP contribution in [0.25, 0.3) is 16.3 Å². The summed E-state index contributed by atoms with van der Waals surface area (Å²) >= 11 is 1.32. The van der Waals surface area contributed by atoms with Crippen molar-refractivity contribution in [3.63, 3.8) is 0 Å². The van der Waals surface area contributed by atoms with E-state index in [0.717, 1.165) is 11.6 Å². The quantitative estimate of drug-likeness (QED) is 0.386. The molecule has 4 aromatic rings. The number of nitrogens with zero attached hydrogens (tertiary/aromatic N) is 3. The van der Waals surface area contributed by atoms with Gasteiger partial charge in [0.15, 0.2) is 5.82 Å². The fraction of sp³-hybridized carbons (Fsp3) is 0.200. The normalized spacial score (nSPS) is 12.4. The SMILES string of the molecule is COc1ccc(-c2nc3scc(CCNS(=O)(=O)c4ccc(F)c(C(F)(F)F)c4)n3n2)cc1. The Morgan fingerprint density at radius 2 is 1.88 bits per heavy atom. The predicted molar refractivity (Wildman–Crippen MR) is 113 cm³/mol. The lowest BCUT2D eigenvalue weighted by Gasteiger charge is -2.11. The van der Waals surface area contributed by atoms with Crippen molar-refractivity contribution in [3.8, 4) is 17.1 Å². The number of thiazole rings is 1. The third-order valence-corrected chi connectivity index (χ3v) is 7.05. The van der Waals surface area contributed by atoms with Gasteiger partial charge in [0.25, 0.3) is 0 Å². The van der Waals surface area contributed by atoms with Crippen molar-refractivity contribution < 1.29 is 30.7 Å². The number of aromatic nitrogens is 3. The minimum absolute atomic E-state index is 0.107. The van der Waals surface area contributed by atoms with Gasteiger partial charge in [-0.2, -0.15) is 18.2 Å². The highest BCUT2D eigenvalue weighted by molar-refractivity contribution is 7.89. The molecule has 0 saturated carbocycles. The molecule has 0 radical (unpaired) electrons. The monoisotopic (exact) mass is 500 g/mol. The summed E-state index contributed by atoms with van der Waals surface area (Å²) in [6.45, 7) is -0.107. The Bertz CT molecular complexity index is 1400. The average molecular weight is 500 g/mol. The zero-order valence-electron chi connectivity index (χ0n) is 16.9. The topological polar surface area (TPSA) is 85.6 Å². The number of nitrogens with one attached hydrogen (secondary N) is 1. The van der Waals surface area contributed by atoms with Crippen LogP contribution < -0.4 is 9.46 Å². The van der Waals surface area contributed by atoms with Crippen LogP contribution in [0.2, 0.25) is 0 Å². The first-order valence-electron chi connectivity index (χ1n) is 9.42. The van der Waals surface area contributed by atoms with Gasteiger partial charge in [-0.15, -0.1) is 16.4 Å². The number of benzene rings is 2. The summed E-state index contributed by atoms with van der Waals surface area (Å²) in [6, 6.07) is 8.72. The molecule has 0 aliphatic carbocycles. The summed E-state index contributed by atoms with van der Waals surface area (Å²) in [5.74, 6) is -0.366. The van der Waals surface area contributed by atoms with Crippen molar-refractivity contribution in [2.75, 3.05) is 13.7 Å². The van der Waals surface area contributed by atoms with Crippen LogP contribution in [0.3, 0.4) is 0 Å². The van der Waals surface area contributed by atoms with E-state index < -0.39 is 32.5 Å². The maximum atomic E-state index is 13.4. The van der Waals surface area contributed by atoms with Crippen LogP contribution in [-0.4, -0.2) is 36.7 Å². The number of ether oxygens (including phenoxy) is 1. The van der Waals surface area contributed by atoms with Crippen LogP contribution in [-0.2, 0) is 22.6 Å². The fourth-order valence-corrected chi connectivity index (χ4v) is 4.96. The van der Waals surface area contributed by atoms with E-state index in [0.29, 0.717) is 28.3 Å². The number of hydrogen-bond acceptors (Lipinski definition) is 6. The van der Waals surface area contributed by atoms with Gasteiger partial charge in [-0.05, 0) is 42.5 Å². The van der Waals surface area contributed by atoms with Crippen LogP contribution in [0.5, 0.6) is 5.75 Å². The van der Waals surface area contributed by atoms with Crippen molar-refractivity contribution in [1.82, 2.24) is 19.3 Å². The number of sulfonamides is 1. The number of fused-ring (bicyclic) bond motifs is 1. The highest BCUT2D eigenvalue weighted by atomic mass is 32.2. The second kappa shape index (κ2) is 8.72. The third-order valence-electron chi connectivity index (χ3n) is 4.72. The molecule has 2 aromatic heterocycles. The molecule has 0 unspecified atom stereocenters. The van der Waals surface area contributed by atoms with E-state index in [1.165, 1.54) is 11.3 Å². The molecule has 0 bridgehead atoms. The molecule has 0 spiro atoms. The van der Waals surface area contributed by atoms with Crippen molar-refractivity contribution in [2.45, 2.75) is 17.5 Å². The number of alkyl halides is 3. The molecule has 2 aromatic carbocycles. The summed E-state index contributed by atoms with van der Waals surface area (Å²) in [6.07, 6.45) is -4.80. The summed E-state index contributed by atoms with van der Waals surface area (Å²) in [7, 11) is -2.72. The summed E-state index contributed by atoms with van der Waals surface area (Å²) in [4.78, 5) is 4.39. The second-order valence-electron chi connectivity index (χ2n) is 6.87. The molecule has 174 valence electrons. The largest absolute Gasteiger partial charge is 0.497 e. The van der Waals surface area contributed by atoms with E-state index in [-0.39, 0.29) is 19.0 Å². The van der Waals surface area contributed by atoms with E-state index in [9.17, 15) is 26.0 Å². The maximum Gasteiger partial charge on any atom is 0.419 e. The zero-order chi connectivity index (χ0) is 23.8. The van der Waals surface area contributed by atoms with Gasteiger partial charge in [-0.25, -0.2) is 22.0 Å². The van der Waals surface area contributed by atoms with Crippen molar-refractivity contribution in [2.24, 2.45) is 0 Å². The number of rotatable bonds is 7. The number of methoxy groups -OCH3 is 1. The molecule has 0 fully saturated rings. The van der Waals surface area contributed by atoms with Crippen LogP contribution in [0.15, 0.2) is 52.7 Å². The standard InChI is InChI=1S/C20H16F4N4O3S2/c1-31-14-4-2-12(3-5-14)18-26-19-28(27-18)13(11-32-19)8-9-25-33(29,30)15-6-7-17(21)16(10-15)20(22,23)24/h2-7,10-11,25H,8-9H2,1H3. The molecule has 0 aliphatic heterocycles. The minimum Gasteiger partial charge on any atom is -0.497 e. The Morgan fingerprint density at radius 3 is 2.55 bits per heavy atom. The molecule has 4 rings (SSSR count). The lowest BCUT2D eigenvalue weighted by atomic mass is 10.2. The van der Waals surface area contributed by atoms with E-state index in [1.807, 2.05) is 12.1 Å². The highest BCUT2D eigenvalue weighted by Crippen LogP contribution is 2.32. The Hall–Kier alpha value is -3.03. The zero-order valence-corrected chi connectivity index (χ0v) is 18.6. The van der Waals surface area contributed by atoms with Gasteiger partial charge >= 0.3 is 6.18 Å². The summed E-state index contributed by atoms with van der Waals surface area (Å²) in [5.41, 5.74) is -0.200.